The maximum absolute atomic E-state index is 13.6. The normalized spacial score (nSPS) is 13.7. The summed E-state index contributed by atoms with van der Waals surface area (Å²) >= 11 is 5.95. The number of hydrogen-bond donors (Lipinski definition) is 1. The molecule has 0 saturated carbocycles. The summed E-state index contributed by atoms with van der Waals surface area (Å²) in [6.07, 6.45) is 0. The fourth-order valence-corrected chi connectivity index (χ4v) is 5.30. The van der Waals surface area contributed by atoms with Crippen molar-refractivity contribution in [3.8, 4) is 11.5 Å². The van der Waals surface area contributed by atoms with Gasteiger partial charge in [-0.05, 0) is 86.0 Å². The number of fused-ring (bicyclic) bond motifs is 1. The Morgan fingerprint density at radius 1 is 0.971 bits per heavy atom. The largest absolute Gasteiger partial charge is 0.486 e. The smallest absolute Gasteiger partial charge is 0.264 e. The maximum atomic E-state index is 13.6. The first-order valence-electron chi connectivity index (χ1n) is 11.2. The molecule has 0 aliphatic carbocycles. The first-order chi connectivity index (χ1) is 16.6. The zero-order valence-electron chi connectivity index (χ0n) is 19.7. The van der Waals surface area contributed by atoms with Crippen LogP contribution in [0.4, 0.5) is 5.69 Å². The van der Waals surface area contributed by atoms with Crippen molar-refractivity contribution in [1.82, 2.24) is 5.32 Å². The van der Waals surface area contributed by atoms with Crippen molar-refractivity contribution in [3.63, 3.8) is 0 Å². The molecule has 7 nitrogen and oxygen atoms in total. The van der Waals surface area contributed by atoms with Crippen LogP contribution in [0.3, 0.4) is 0 Å². The molecule has 1 heterocycles. The quantitative estimate of drug-likeness (QED) is 0.489. The molecule has 3 aromatic carbocycles. The highest BCUT2D eigenvalue weighted by Gasteiger charge is 2.28. The number of benzene rings is 3. The topological polar surface area (TPSA) is 84.9 Å². The molecule has 1 N–H and O–H groups in total. The Hall–Kier alpha value is -3.23. The van der Waals surface area contributed by atoms with Crippen LogP contribution in [0.5, 0.6) is 11.5 Å². The molecule has 1 atom stereocenters. The second-order valence-corrected chi connectivity index (χ2v) is 10.7. The molecule has 0 saturated heterocycles. The van der Waals surface area contributed by atoms with Crippen molar-refractivity contribution in [2.24, 2.45) is 0 Å². The molecule has 0 unspecified atom stereocenters. The fourth-order valence-electron chi connectivity index (χ4n) is 3.76. The third-order valence-corrected chi connectivity index (χ3v) is 7.95. The molecule has 184 valence electrons. The SMILES string of the molecule is Cc1ccc(N(CC(=O)N[C@@H](C)c2ccc3c(c2)OCCO3)S(=O)(=O)c2ccc(Cl)cc2)cc1C. The van der Waals surface area contributed by atoms with Crippen LogP contribution in [0.1, 0.15) is 29.7 Å². The third-order valence-electron chi connectivity index (χ3n) is 5.91. The minimum Gasteiger partial charge on any atom is -0.486 e. The van der Waals surface area contributed by atoms with Crippen LogP contribution in [-0.2, 0) is 14.8 Å². The molecular weight excluding hydrogens is 488 g/mol. The van der Waals surface area contributed by atoms with Crippen LogP contribution in [0.25, 0.3) is 0 Å². The van der Waals surface area contributed by atoms with Crippen LogP contribution >= 0.6 is 11.6 Å². The van der Waals surface area contributed by atoms with Crippen LogP contribution in [0.15, 0.2) is 65.6 Å². The van der Waals surface area contributed by atoms with Gasteiger partial charge in [0.2, 0.25) is 5.91 Å². The average molecular weight is 515 g/mol. The number of amides is 1. The Morgan fingerprint density at radius 3 is 2.34 bits per heavy atom. The van der Waals surface area contributed by atoms with Crippen molar-refractivity contribution in [2.45, 2.75) is 31.7 Å². The maximum Gasteiger partial charge on any atom is 0.264 e. The number of aryl methyl sites for hydroxylation is 2. The molecule has 0 bridgehead atoms. The number of anilines is 1. The number of hydrogen-bond acceptors (Lipinski definition) is 5. The van der Waals surface area contributed by atoms with E-state index in [1.807, 2.05) is 39.0 Å². The molecule has 35 heavy (non-hydrogen) atoms. The summed E-state index contributed by atoms with van der Waals surface area (Å²) in [5, 5.41) is 3.32. The van der Waals surface area contributed by atoms with Gasteiger partial charge in [0.25, 0.3) is 10.0 Å². The average Bonchev–Trinajstić information content (AvgIpc) is 2.84. The lowest BCUT2D eigenvalue weighted by molar-refractivity contribution is -0.120. The molecule has 0 fully saturated rings. The molecule has 1 aliphatic rings. The highest BCUT2D eigenvalue weighted by atomic mass is 35.5. The molecular formula is C26H27ClN2O5S. The zero-order chi connectivity index (χ0) is 25.2. The lowest BCUT2D eigenvalue weighted by atomic mass is 10.1. The van der Waals surface area contributed by atoms with E-state index in [2.05, 4.69) is 5.32 Å². The van der Waals surface area contributed by atoms with Gasteiger partial charge in [0, 0.05) is 5.02 Å². The highest BCUT2D eigenvalue weighted by molar-refractivity contribution is 7.92. The second kappa shape index (κ2) is 10.2. The number of ether oxygens (including phenoxy) is 2. The van der Waals surface area contributed by atoms with E-state index in [1.54, 1.807) is 18.2 Å². The lowest BCUT2D eigenvalue weighted by Gasteiger charge is -2.26. The van der Waals surface area contributed by atoms with Crippen LogP contribution in [0, 0.1) is 13.8 Å². The Bertz CT molecular complexity index is 1340. The van der Waals surface area contributed by atoms with E-state index >= 15 is 0 Å². The Balaban J connectivity index is 1.59. The summed E-state index contributed by atoms with van der Waals surface area (Å²) in [7, 11) is -4.03. The number of rotatable bonds is 7. The van der Waals surface area contributed by atoms with Crippen molar-refractivity contribution >= 4 is 33.2 Å². The van der Waals surface area contributed by atoms with Gasteiger partial charge in [-0.25, -0.2) is 8.42 Å². The van der Waals surface area contributed by atoms with E-state index in [0.29, 0.717) is 35.4 Å². The molecule has 1 aliphatic heterocycles. The lowest BCUT2D eigenvalue weighted by Crippen LogP contribution is -2.41. The summed E-state index contributed by atoms with van der Waals surface area (Å²) < 4.78 is 39.4. The van der Waals surface area contributed by atoms with Gasteiger partial charge in [-0.2, -0.15) is 0 Å². The monoisotopic (exact) mass is 514 g/mol. The standard InChI is InChI=1S/C26H27ClN2O5S/c1-17-4-8-22(14-18(17)2)29(35(31,32)23-9-6-21(27)7-10-23)16-26(30)28-19(3)20-5-11-24-25(15-20)34-13-12-33-24/h4-11,14-15,19H,12-13,16H2,1-3H3,(H,28,30)/t19-/m0/s1. The highest BCUT2D eigenvalue weighted by Crippen LogP contribution is 2.33. The van der Waals surface area contributed by atoms with Gasteiger partial charge in [-0.1, -0.05) is 23.7 Å². The number of sulfonamides is 1. The number of carbonyl (C=O) groups excluding carboxylic acids is 1. The molecule has 3 aromatic rings. The summed E-state index contributed by atoms with van der Waals surface area (Å²) in [5.74, 6) is 0.841. The minimum atomic E-state index is -4.03. The Morgan fingerprint density at radius 2 is 1.66 bits per heavy atom. The van der Waals surface area contributed by atoms with E-state index in [4.69, 9.17) is 21.1 Å². The number of nitrogens with zero attached hydrogens (tertiary/aromatic N) is 1. The molecule has 1 amide bonds. The molecule has 4 rings (SSSR count). The predicted molar refractivity (Wildman–Crippen MR) is 136 cm³/mol. The van der Waals surface area contributed by atoms with Crippen LogP contribution in [0.2, 0.25) is 5.02 Å². The van der Waals surface area contributed by atoms with Gasteiger partial charge in [-0.15, -0.1) is 0 Å². The van der Waals surface area contributed by atoms with E-state index in [9.17, 15) is 13.2 Å². The summed E-state index contributed by atoms with van der Waals surface area (Å²) in [6.45, 7) is 6.24. The van der Waals surface area contributed by atoms with E-state index in [1.165, 1.54) is 24.3 Å². The van der Waals surface area contributed by atoms with E-state index < -0.39 is 15.9 Å². The van der Waals surface area contributed by atoms with Gasteiger partial charge in [-0.3, -0.25) is 9.10 Å². The minimum absolute atomic E-state index is 0.0489. The van der Waals surface area contributed by atoms with Crippen LogP contribution < -0.4 is 19.1 Å². The third kappa shape index (κ3) is 5.55. The molecule has 0 aromatic heterocycles. The van der Waals surface area contributed by atoms with E-state index in [-0.39, 0.29) is 17.5 Å². The second-order valence-electron chi connectivity index (χ2n) is 8.43. The van der Waals surface area contributed by atoms with Gasteiger partial charge in [0.05, 0.1) is 16.6 Å². The summed E-state index contributed by atoms with van der Waals surface area (Å²) in [4.78, 5) is 13.1. The molecule has 0 radical (unpaired) electrons. The summed E-state index contributed by atoms with van der Waals surface area (Å²) in [6, 6.07) is 16.3. The number of halogens is 1. The Kier molecular flexibility index (Phi) is 7.23. The summed E-state index contributed by atoms with van der Waals surface area (Å²) in [5.41, 5.74) is 3.17. The molecule has 0 spiro atoms. The first-order valence-corrected chi connectivity index (χ1v) is 13.0. The fraction of sp³-hybridized carbons (Fsp3) is 0.269. The predicted octanol–water partition coefficient (Wildman–Crippen LogP) is 4.80. The van der Waals surface area contributed by atoms with Crippen molar-refractivity contribution in [1.29, 1.82) is 0 Å². The first kappa shape index (κ1) is 24.9. The van der Waals surface area contributed by atoms with Gasteiger partial charge in [0.1, 0.15) is 19.8 Å². The van der Waals surface area contributed by atoms with Crippen molar-refractivity contribution in [2.75, 3.05) is 24.1 Å². The van der Waals surface area contributed by atoms with Gasteiger partial charge < -0.3 is 14.8 Å². The van der Waals surface area contributed by atoms with Crippen LogP contribution in [-0.4, -0.2) is 34.1 Å². The van der Waals surface area contributed by atoms with Gasteiger partial charge >= 0.3 is 0 Å². The van der Waals surface area contributed by atoms with E-state index in [0.717, 1.165) is 21.0 Å². The number of carbonyl (C=O) groups is 1. The zero-order valence-corrected chi connectivity index (χ0v) is 21.3. The van der Waals surface area contributed by atoms with Crippen molar-refractivity contribution in [3.05, 3.63) is 82.4 Å². The molecule has 9 heteroatoms. The van der Waals surface area contributed by atoms with Gasteiger partial charge in [0.15, 0.2) is 11.5 Å². The number of nitrogens with one attached hydrogen (secondary N) is 1. The Labute approximate surface area is 210 Å². The van der Waals surface area contributed by atoms with Crippen molar-refractivity contribution < 1.29 is 22.7 Å².